The van der Waals surface area contributed by atoms with E-state index in [-0.39, 0.29) is 6.04 Å². The van der Waals surface area contributed by atoms with Crippen molar-refractivity contribution in [1.29, 1.82) is 0 Å². The quantitative estimate of drug-likeness (QED) is 0.781. The number of aryl methyl sites for hydroxylation is 1. The third-order valence-corrected chi connectivity index (χ3v) is 4.23. The van der Waals surface area contributed by atoms with Gasteiger partial charge in [-0.15, -0.1) is 11.3 Å². The first-order valence-electron chi connectivity index (χ1n) is 5.34. The van der Waals surface area contributed by atoms with Gasteiger partial charge in [-0.05, 0) is 49.7 Å². The van der Waals surface area contributed by atoms with Gasteiger partial charge in [0.2, 0.25) is 0 Å². The van der Waals surface area contributed by atoms with E-state index >= 15 is 0 Å². The van der Waals surface area contributed by atoms with Gasteiger partial charge in [-0.1, -0.05) is 23.2 Å². The first kappa shape index (κ1) is 12.7. The SMILES string of the molecule is Cc1cc(Cl)ccc1NC(C)c1ccc(Cl)s1. The van der Waals surface area contributed by atoms with Crippen LogP contribution < -0.4 is 5.32 Å². The summed E-state index contributed by atoms with van der Waals surface area (Å²) in [4.78, 5) is 1.23. The second kappa shape index (κ2) is 5.30. The molecule has 1 heterocycles. The molecule has 0 saturated heterocycles. The van der Waals surface area contributed by atoms with Crippen molar-refractivity contribution >= 4 is 40.2 Å². The molecule has 1 atom stereocenters. The second-order valence-corrected chi connectivity index (χ2v) is 6.15. The summed E-state index contributed by atoms with van der Waals surface area (Å²) in [5.41, 5.74) is 2.25. The van der Waals surface area contributed by atoms with E-state index in [1.165, 1.54) is 4.88 Å². The van der Waals surface area contributed by atoms with Crippen LogP contribution in [0.25, 0.3) is 0 Å². The molecule has 17 heavy (non-hydrogen) atoms. The molecule has 1 N–H and O–H groups in total. The molecule has 0 aliphatic heterocycles. The Kier molecular flexibility index (Phi) is 3.97. The van der Waals surface area contributed by atoms with Gasteiger partial charge in [-0.25, -0.2) is 0 Å². The summed E-state index contributed by atoms with van der Waals surface area (Å²) >= 11 is 13.5. The van der Waals surface area contributed by atoms with Crippen LogP contribution in [0.2, 0.25) is 9.36 Å². The Labute approximate surface area is 115 Å². The maximum absolute atomic E-state index is 5.93. The topological polar surface area (TPSA) is 12.0 Å². The molecule has 4 heteroatoms. The highest BCUT2D eigenvalue weighted by Crippen LogP contribution is 2.30. The van der Waals surface area contributed by atoms with Crippen LogP contribution in [0.15, 0.2) is 30.3 Å². The third kappa shape index (κ3) is 3.15. The van der Waals surface area contributed by atoms with Gasteiger partial charge < -0.3 is 5.32 Å². The summed E-state index contributed by atoms with van der Waals surface area (Å²) in [5.74, 6) is 0. The minimum Gasteiger partial charge on any atom is -0.377 e. The van der Waals surface area contributed by atoms with Crippen LogP contribution in [0.3, 0.4) is 0 Å². The van der Waals surface area contributed by atoms with Crippen molar-refractivity contribution in [3.63, 3.8) is 0 Å². The van der Waals surface area contributed by atoms with Crippen molar-refractivity contribution < 1.29 is 0 Å². The minimum absolute atomic E-state index is 0.243. The molecule has 0 radical (unpaired) electrons. The van der Waals surface area contributed by atoms with E-state index < -0.39 is 0 Å². The number of hydrogen-bond donors (Lipinski definition) is 1. The van der Waals surface area contributed by atoms with Crippen molar-refractivity contribution in [2.24, 2.45) is 0 Å². The van der Waals surface area contributed by atoms with Crippen molar-refractivity contribution in [2.45, 2.75) is 19.9 Å². The van der Waals surface area contributed by atoms with Crippen LogP contribution in [0, 0.1) is 6.92 Å². The predicted molar refractivity (Wildman–Crippen MR) is 77.6 cm³/mol. The van der Waals surface area contributed by atoms with Crippen molar-refractivity contribution in [1.82, 2.24) is 0 Å². The average molecular weight is 286 g/mol. The summed E-state index contributed by atoms with van der Waals surface area (Å²) in [7, 11) is 0. The molecule has 1 aromatic carbocycles. The van der Waals surface area contributed by atoms with Crippen LogP contribution in [-0.2, 0) is 0 Å². The Balaban J connectivity index is 2.15. The van der Waals surface area contributed by atoms with Gasteiger partial charge in [-0.2, -0.15) is 0 Å². The molecule has 2 rings (SSSR count). The predicted octanol–water partition coefficient (Wildman–Crippen LogP) is 5.54. The molecule has 1 nitrogen and oxygen atoms in total. The summed E-state index contributed by atoms with van der Waals surface area (Å²) in [6.45, 7) is 4.17. The summed E-state index contributed by atoms with van der Waals surface area (Å²) < 4.78 is 0.821. The van der Waals surface area contributed by atoms with E-state index in [1.54, 1.807) is 11.3 Å². The zero-order chi connectivity index (χ0) is 12.4. The number of anilines is 1. The van der Waals surface area contributed by atoms with E-state index in [4.69, 9.17) is 23.2 Å². The summed E-state index contributed by atoms with van der Waals surface area (Å²) in [6.07, 6.45) is 0. The number of hydrogen-bond acceptors (Lipinski definition) is 2. The summed E-state index contributed by atoms with van der Waals surface area (Å²) in [5, 5.41) is 4.22. The average Bonchev–Trinajstić information content (AvgIpc) is 2.69. The first-order valence-corrected chi connectivity index (χ1v) is 6.91. The molecule has 0 aliphatic carbocycles. The standard InChI is InChI=1S/C13H13Cl2NS/c1-8-7-10(14)3-4-11(8)16-9(2)12-5-6-13(15)17-12/h3-7,9,16H,1-2H3. The van der Waals surface area contributed by atoms with E-state index in [1.807, 2.05) is 31.2 Å². The van der Waals surface area contributed by atoms with Gasteiger partial charge in [0.15, 0.2) is 0 Å². The van der Waals surface area contributed by atoms with Gasteiger partial charge in [0.25, 0.3) is 0 Å². The number of nitrogens with one attached hydrogen (secondary N) is 1. The molecule has 90 valence electrons. The highest BCUT2D eigenvalue weighted by molar-refractivity contribution is 7.16. The van der Waals surface area contributed by atoms with Gasteiger partial charge in [0.05, 0.1) is 10.4 Å². The van der Waals surface area contributed by atoms with Crippen molar-refractivity contribution in [3.8, 4) is 0 Å². The molecular weight excluding hydrogens is 273 g/mol. The van der Waals surface area contributed by atoms with Gasteiger partial charge in [0, 0.05) is 15.6 Å². The maximum Gasteiger partial charge on any atom is 0.0932 e. The van der Waals surface area contributed by atoms with Crippen LogP contribution in [-0.4, -0.2) is 0 Å². The molecule has 0 bridgehead atoms. The van der Waals surface area contributed by atoms with Crippen LogP contribution in [0.4, 0.5) is 5.69 Å². The normalized spacial score (nSPS) is 12.5. The zero-order valence-electron chi connectivity index (χ0n) is 9.63. The van der Waals surface area contributed by atoms with Crippen LogP contribution in [0.1, 0.15) is 23.4 Å². The lowest BCUT2D eigenvalue weighted by Gasteiger charge is -2.15. The minimum atomic E-state index is 0.243. The van der Waals surface area contributed by atoms with E-state index in [0.29, 0.717) is 0 Å². The van der Waals surface area contributed by atoms with E-state index in [9.17, 15) is 0 Å². The van der Waals surface area contributed by atoms with E-state index in [0.717, 1.165) is 20.6 Å². The highest BCUT2D eigenvalue weighted by atomic mass is 35.5. The molecule has 0 spiro atoms. The lowest BCUT2D eigenvalue weighted by Crippen LogP contribution is -2.05. The number of benzene rings is 1. The lowest BCUT2D eigenvalue weighted by atomic mass is 10.1. The molecule has 0 amide bonds. The molecule has 2 aromatic rings. The fraction of sp³-hybridized carbons (Fsp3) is 0.231. The maximum atomic E-state index is 5.93. The van der Waals surface area contributed by atoms with Crippen LogP contribution in [0.5, 0.6) is 0 Å². The Bertz CT molecular complexity index is 522. The largest absolute Gasteiger partial charge is 0.377 e. The molecule has 1 aromatic heterocycles. The van der Waals surface area contributed by atoms with E-state index in [2.05, 4.69) is 18.3 Å². The molecule has 1 unspecified atom stereocenters. The van der Waals surface area contributed by atoms with Crippen molar-refractivity contribution in [3.05, 3.63) is 50.1 Å². The zero-order valence-corrected chi connectivity index (χ0v) is 12.0. The number of rotatable bonds is 3. The molecule has 0 aliphatic rings. The molecule has 0 fully saturated rings. The second-order valence-electron chi connectivity index (χ2n) is 3.97. The number of thiophene rings is 1. The number of halogens is 2. The highest BCUT2D eigenvalue weighted by Gasteiger charge is 2.09. The fourth-order valence-electron chi connectivity index (χ4n) is 1.65. The summed E-state index contributed by atoms with van der Waals surface area (Å²) in [6, 6.07) is 10.1. The van der Waals surface area contributed by atoms with Gasteiger partial charge in [-0.3, -0.25) is 0 Å². The van der Waals surface area contributed by atoms with Crippen LogP contribution >= 0.6 is 34.5 Å². The van der Waals surface area contributed by atoms with Crippen molar-refractivity contribution in [2.75, 3.05) is 5.32 Å². The Morgan fingerprint density at radius 3 is 2.53 bits per heavy atom. The fourth-order valence-corrected chi connectivity index (χ4v) is 2.94. The third-order valence-electron chi connectivity index (χ3n) is 2.58. The Hall–Kier alpha value is -0.700. The molecular formula is C13H13Cl2NS. The molecule has 0 saturated carbocycles. The lowest BCUT2D eigenvalue weighted by molar-refractivity contribution is 0.905. The smallest absolute Gasteiger partial charge is 0.0932 e. The van der Waals surface area contributed by atoms with Gasteiger partial charge in [0.1, 0.15) is 0 Å². The Morgan fingerprint density at radius 1 is 1.18 bits per heavy atom. The first-order chi connectivity index (χ1) is 8.06. The Morgan fingerprint density at radius 2 is 1.94 bits per heavy atom. The monoisotopic (exact) mass is 285 g/mol. The van der Waals surface area contributed by atoms with Gasteiger partial charge >= 0.3 is 0 Å².